The molecule has 2 atom stereocenters. The predicted octanol–water partition coefficient (Wildman–Crippen LogP) is 1.25. The van der Waals surface area contributed by atoms with Crippen LogP contribution in [0.3, 0.4) is 0 Å². The Hall–Kier alpha value is -1.10. The maximum absolute atomic E-state index is 10.5. The fourth-order valence-corrected chi connectivity index (χ4v) is 1.43. The molecule has 1 aromatic carbocycles. The van der Waals surface area contributed by atoms with E-state index in [0.717, 1.165) is 11.1 Å². The summed E-state index contributed by atoms with van der Waals surface area (Å²) >= 11 is 0. The van der Waals surface area contributed by atoms with Gasteiger partial charge >= 0.3 is 5.97 Å². The Balaban J connectivity index is 0.00000225. The summed E-state index contributed by atoms with van der Waals surface area (Å²) < 4.78 is 0. The average Bonchev–Trinajstić information content (AvgIpc) is 2.18. The van der Waals surface area contributed by atoms with Crippen molar-refractivity contribution in [3.8, 4) is 0 Å². The van der Waals surface area contributed by atoms with E-state index in [1.807, 2.05) is 19.1 Å². The summed E-state index contributed by atoms with van der Waals surface area (Å²) in [4.78, 5) is 10.5. The summed E-state index contributed by atoms with van der Waals surface area (Å²) in [6.07, 6.45) is -0.794. The van der Waals surface area contributed by atoms with Crippen molar-refractivity contribution in [1.82, 2.24) is 0 Å². The Bertz CT molecular complexity index is 357. The van der Waals surface area contributed by atoms with Crippen LogP contribution in [0, 0.1) is 6.92 Å². The van der Waals surface area contributed by atoms with Crippen LogP contribution in [0.25, 0.3) is 0 Å². The van der Waals surface area contributed by atoms with E-state index in [2.05, 4.69) is 0 Å². The molecule has 0 heterocycles. The minimum Gasteiger partial charge on any atom is -0.480 e. The number of aliphatic hydroxyl groups excluding tert-OH is 1. The number of hydrogen-bond donors (Lipinski definition) is 3. The molecule has 16 heavy (non-hydrogen) atoms. The van der Waals surface area contributed by atoms with Crippen LogP contribution in [0.15, 0.2) is 24.3 Å². The van der Waals surface area contributed by atoms with E-state index in [1.165, 1.54) is 0 Å². The minimum absolute atomic E-state index is 0. The van der Waals surface area contributed by atoms with Gasteiger partial charge in [0.2, 0.25) is 0 Å². The average molecular weight is 246 g/mol. The molecule has 0 aliphatic heterocycles. The second-order valence-electron chi connectivity index (χ2n) is 3.55. The van der Waals surface area contributed by atoms with Crippen LogP contribution >= 0.6 is 12.4 Å². The molecule has 0 saturated heterocycles. The van der Waals surface area contributed by atoms with Crippen LogP contribution in [-0.4, -0.2) is 22.2 Å². The zero-order valence-corrected chi connectivity index (χ0v) is 9.78. The molecular weight excluding hydrogens is 230 g/mol. The maximum Gasteiger partial charge on any atom is 0.320 e. The van der Waals surface area contributed by atoms with Gasteiger partial charge in [-0.05, 0) is 18.1 Å². The molecule has 0 aromatic heterocycles. The molecule has 1 rings (SSSR count). The van der Waals surface area contributed by atoms with Crippen molar-refractivity contribution in [1.29, 1.82) is 0 Å². The van der Waals surface area contributed by atoms with Crippen molar-refractivity contribution in [3.63, 3.8) is 0 Å². The summed E-state index contributed by atoms with van der Waals surface area (Å²) in [5.74, 6) is -1.09. The number of halogens is 1. The Labute approximate surface area is 100 Å². The Morgan fingerprint density at radius 1 is 1.44 bits per heavy atom. The number of nitrogens with two attached hydrogens (primary N) is 1. The summed E-state index contributed by atoms with van der Waals surface area (Å²) in [7, 11) is 0. The lowest BCUT2D eigenvalue weighted by Crippen LogP contribution is -2.31. The normalized spacial score (nSPS) is 13.7. The second-order valence-corrected chi connectivity index (χ2v) is 3.55. The SMILES string of the molecule is Cc1ccccc1C(O)CC(N)C(=O)O.Cl. The predicted molar refractivity (Wildman–Crippen MR) is 63.6 cm³/mol. The smallest absolute Gasteiger partial charge is 0.320 e. The van der Waals surface area contributed by atoms with Crippen LogP contribution in [0.1, 0.15) is 23.7 Å². The molecular formula is C11H16ClNO3. The quantitative estimate of drug-likeness (QED) is 0.746. The third kappa shape index (κ3) is 3.81. The largest absolute Gasteiger partial charge is 0.480 e. The lowest BCUT2D eigenvalue weighted by atomic mass is 9.98. The molecule has 0 saturated carbocycles. The zero-order valence-electron chi connectivity index (χ0n) is 8.96. The van der Waals surface area contributed by atoms with E-state index < -0.39 is 18.1 Å². The molecule has 0 aliphatic carbocycles. The van der Waals surface area contributed by atoms with Gasteiger partial charge in [0.25, 0.3) is 0 Å². The van der Waals surface area contributed by atoms with Gasteiger partial charge in [-0.15, -0.1) is 12.4 Å². The van der Waals surface area contributed by atoms with Crippen LogP contribution < -0.4 is 5.73 Å². The topological polar surface area (TPSA) is 83.5 Å². The molecule has 0 bridgehead atoms. The van der Waals surface area contributed by atoms with E-state index in [4.69, 9.17) is 10.8 Å². The first kappa shape index (κ1) is 14.9. The monoisotopic (exact) mass is 245 g/mol. The molecule has 1 aromatic rings. The number of carboxylic acid groups (broad SMARTS) is 1. The molecule has 0 aliphatic rings. The van der Waals surface area contributed by atoms with E-state index in [0.29, 0.717) is 0 Å². The van der Waals surface area contributed by atoms with E-state index in [9.17, 15) is 9.90 Å². The lowest BCUT2D eigenvalue weighted by Gasteiger charge is -2.15. The van der Waals surface area contributed by atoms with Gasteiger partial charge in [-0.3, -0.25) is 4.79 Å². The molecule has 4 N–H and O–H groups in total. The Kier molecular flexibility index (Phi) is 6.03. The number of hydrogen-bond acceptors (Lipinski definition) is 3. The molecule has 0 spiro atoms. The summed E-state index contributed by atoms with van der Waals surface area (Å²) in [6.45, 7) is 1.87. The maximum atomic E-state index is 10.5. The fourth-order valence-electron chi connectivity index (χ4n) is 1.43. The zero-order chi connectivity index (χ0) is 11.4. The van der Waals surface area contributed by atoms with Gasteiger partial charge in [0.05, 0.1) is 6.10 Å². The van der Waals surface area contributed by atoms with Crippen LogP contribution in [0.2, 0.25) is 0 Å². The Morgan fingerprint density at radius 3 is 2.50 bits per heavy atom. The van der Waals surface area contributed by atoms with Gasteiger partial charge in [0.15, 0.2) is 0 Å². The number of aliphatic carboxylic acids is 1. The minimum atomic E-state index is -1.09. The number of carboxylic acids is 1. The molecule has 2 unspecified atom stereocenters. The van der Waals surface area contributed by atoms with Gasteiger partial charge in [-0.25, -0.2) is 0 Å². The standard InChI is InChI=1S/C11H15NO3.ClH/c1-7-4-2-3-5-8(7)10(13)6-9(12)11(14)15;/h2-5,9-10,13H,6,12H2,1H3,(H,14,15);1H. The van der Waals surface area contributed by atoms with Crippen molar-refractivity contribution in [2.24, 2.45) is 5.73 Å². The molecule has 90 valence electrons. The van der Waals surface area contributed by atoms with Gasteiger partial charge < -0.3 is 15.9 Å². The van der Waals surface area contributed by atoms with E-state index in [-0.39, 0.29) is 18.8 Å². The molecule has 0 radical (unpaired) electrons. The van der Waals surface area contributed by atoms with Gasteiger partial charge in [-0.2, -0.15) is 0 Å². The summed E-state index contributed by atoms with van der Waals surface area (Å²) in [5, 5.41) is 18.4. The first-order valence-corrected chi connectivity index (χ1v) is 4.74. The number of carbonyl (C=O) groups is 1. The van der Waals surface area contributed by atoms with Gasteiger partial charge in [-0.1, -0.05) is 24.3 Å². The van der Waals surface area contributed by atoms with E-state index >= 15 is 0 Å². The first-order valence-electron chi connectivity index (χ1n) is 4.74. The Morgan fingerprint density at radius 2 is 2.00 bits per heavy atom. The highest BCUT2D eigenvalue weighted by atomic mass is 35.5. The number of aryl methyl sites for hydroxylation is 1. The number of benzene rings is 1. The second kappa shape index (κ2) is 6.48. The van der Waals surface area contributed by atoms with Crippen LogP contribution in [-0.2, 0) is 4.79 Å². The third-order valence-electron chi connectivity index (χ3n) is 2.34. The number of aliphatic hydroxyl groups is 1. The van der Waals surface area contributed by atoms with Crippen molar-refractivity contribution in [2.45, 2.75) is 25.5 Å². The fraction of sp³-hybridized carbons (Fsp3) is 0.364. The highest BCUT2D eigenvalue weighted by Gasteiger charge is 2.18. The van der Waals surface area contributed by atoms with Gasteiger partial charge in [0.1, 0.15) is 6.04 Å². The third-order valence-corrected chi connectivity index (χ3v) is 2.34. The van der Waals surface area contributed by atoms with Crippen molar-refractivity contribution in [3.05, 3.63) is 35.4 Å². The molecule has 5 heteroatoms. The van der Waals surface area contributed by atoms with Crippen molar-refractivity contribution in [2.75, 3.05) is 0 Å². The molecule has 4 nitrogen and oxygen atoms in total. The summed E-state index contributed by atoms with van der Waals surface area (Å²) in [6, 6.07) is 6.28. The van der Waals surface area contributed by atoms with Crippen LogP contribution in [0.4, 0.5) is 0 Å². The first-order chi connectivity index (χ1) is 7.02. The molecule has 0 fully saturated rings. The van der Waals surface area contributed by atoms with Crippen molar-refractivity contribution >= 4 is 18.4 Å². The summed E-state index contributed by atoms with van der Waals surface area (Å²) in [5.41, 5.74) is 7.01. The van der Waals surface area contributed by atoms with Gasteiger partial charge in [0, 0.05) is 6.42 Å². The van der Waals surface area contributed by atoms with Crippen LogP contribution in [0.5, 0.6) is 0 Å². The molecule has 0 amide bonds. The lowest BCUT2D eigenvalue weighted by molar-refractivity contribution is -0.139. The highest BCUT2D eigenvalue weighted by molar-refractivity contribution is 5.85. The van der Waals surface area contributed by atoms with Crippen molar-refractivity contribution < 1.29 is 15.0 Å². The number of rotatable bonds is 4. The highest BCUT2D eigenvalue weighted by Crippen LogP contribution is 2.20. The van der Waals surface area contributed by atoms with E-state index in [1.54, 1.807) is 12.1 Å².